The molecule has 1 unspecified atom stereocenters. The quantitative estimate of drug-likeness (QED) is 0.455. The number of benzene rings is 1. The van der Waals surface area contributed by atoms with Crippen molar-refractivity contribution in [2.45, 2.75) is 39.3 Å². The number of ether oxygens (including phenoxy) is 1. The molecule has 4 heterocycles. The number of halogens is 1. The van der Waals surface area contributed by atoms with Gasteiger partial charge in [0.05, 0.1) is 12.6 Å². The summed E-state index contributed by atoms with van der Waals surface area (Å²) in [5, 5.41) is 8.46. The van der Waals surface area contributed by atoms with Crippen molar-refractivity contribution < 1.29 is 9.26 Å². The van der Waals surface area contributed by atoms with E-state index >= 15 is 0 Å². The molecule has 0 bridgehead atoms. The van der Waals surface area contributed by atoms with E-state index < -0.39 is 0 Å². The second-order valence-corrected chi connectivity index (χ2v) is 8.25. The maximum absolute atomic E-state index is 13.4. The van der Waals surface area contributed by atoms with E-state index in [1.165, 1.54) is 0 Å². The first-order valence-electron chi connectivity index (χ1n) is 10.9. The molecule has 0 saturated carbocycles. The van der Waals surface area contributed by atoms with Crippen LogP contribution >= 0.6 is 11.6 Å². The number of hydrogen-bond acceptors (Lipinski definition) is 8. The Morgan fingerprint density at radius 2 is 2.09 bits per heavy atom. The van der Waals surface area contributed by atoms with E-state index in [4.69, 9.17) is 20.9 Å². The normalized spacial score (nSPS) is 15.9. The van der Waals surface area contributed by atoms with Gasteiger partial charge in [-0.3, -0.25) is 9.36 Å². The van der Waals surface area contributed by atoms with Crippen molar-refractivity contribution in [3.63, 3.8) is 0 Å². The van der Waals surface area contributed by atoms with Gasteiger partial charge in [-0.05, 0) is 25.5 Å². The predicted octanol–water partition coefficient (Wildman–Crippen LogP) is 3.95. The average molecular weight is 467 g/mol. The van der Waals surface area contributed by atoms with Crippen LogP contribution < -0.4 is 10.9 Å². The van der Waals surface area contributed by atoms with Crippen LogP contribution in [0.1, 0.15) is 26.2 Å². The average Bonchev–Trinajstić information content (AvgIpc) is 3.51. The highest BCUT2D eigenvalue weighted by molar-refractivity contribution is 6.33. The molecular formula is C23H23ClN6O3. The minimum atomic E-state index is -0.165. The largest absolute Gasteiger partial charge is 0.379 e. The van der Waals surface area contributed by atoms with E-state index in [0.29, 0.717) is 59.0 Å². The highest BCUT2D eigenvalue weighted by Crippen LogP contribution is 2.31. The molecule has 1 N–H and O–H groups in total. The smallest absolute Gasteiger partial charge is 0.260 e. The SMILES string of the molecule is CCc1nc(-c2ccc(-c3cc4cnc(NC5CCOC5)nc4n(CC)c3=O)c(Cl)c2)no1. The Hall–Kier alpha value is -3.30. The van der Waals surface area contributed by atoms with Gasteiger partial charge in [-0.2, -0.15) is 9.97 Å². The third-order valence-corrected chi connectivity index (χ3v) is 6.01. The summed E-state index contributed by atoms with van der Waals surface area (Å²) < 4.78 is 12.2. The molecule has 1 aromatic carbocycles. The van der Waals surface area contributed by atoms with Crippen molar-refractivity contribution in [1.82, 2.24) is 24.7 Å². The van der Waals surface area contributed by atoms with Crippen molar-refractivity contribution in [1.29, 1.82) is 0 Å². The predicted molar refractivity (Wildman–Crippen MR) is 125 cm³/mol. The van der Waals surface area contributed by atoms with Gasteiger partial charge in [-0.15, -0.1) is 0 Å². The van der Waals surface area contributed by atoms with Crippen LogP contribution in [-0.2, 0) is 17.7 Å². The zero-order chi connectivity index (χ0) is 22.9. The highest BCUT2D eigenvalue weighted by atomic mass is 35.5. The Balaban J connectivity index is 1.55. The summed E-state index contributed by atoms with van der Waals surface area (Å²) in [6, 6.07) is 7.34. The third-order valence-electron chi connectivity index (χ3n) is 5.69. The van der Waals surface area contributed by atoms with Crippen molar-refractivity contribution in [3.05, 3.63) is 51.7 Å². The second kappa shape index (κ2) is 8.92. The highest BCUT2D eigenvalue weighted by Gasteiger charge is 2.19. The number of aryl methyl sites for hydroxylation is 2. The van der Waals surface area contributed by atoms with Gasteiger partial charge in [0.2, 0.25) is 17.7 Å². The summed E-state index contributed by atoms with van der Waals surface area (Å²) in [5.74, 6) is 1.51. The summed E-state index contributed by atoms with van der Waals surface area (Å²) in [6.07, 6.45) is 3.28. The Kier molecular flexibility index (Phi) is 5.82. The zero-order valence-electron chi connectivity index (χ0n) is 18.3. The first-order valence-corrected chi connectivity index (χ1v) is 11.3. The fourth-order valence-electron chi connectivity index (χ4n) is 3.93. The van der Waals surface area contributed by atoms with Gasteiger partial charge < -0.3 is 14.6 Å². The topological polar surface area (TPSA) is 108 Å². The van der Waals surface area contributed by atoms with Crippen molar-refractivity contribution in [2.24, 2.45) is 0 Å². The summed E-state index contributed by atoms with van der Waals surface area (Å²) in [4.78, 5) is 26.8. The fourth-order valence-corrected chi connectivity index (χ4v) is 4.22. The van der Waals surface area contributed by atoms with Crippen molar-refractivity contribution >= 4 is 28.6 Å². The molecule has 1 aliphatic heterocycles. The van der Waals surface area contributed by atoms with Gasteiger partial charge in [0, 0.05) is 52.9 Å². The first kappa shape index (κ1) is 21.5. The maximum Gasteiger partial charge on any atom is 0.260 e. The number of hydrogen-bond donors (Lipinski definition) is 1. The number of nitrogens with zero attached hydrogens (tertiary/aromatic N) is 5. The lowest BCUT2D eigenvalue weighted by Gasteiger charge is -2.14. The molecule has 4 aromatic rings. The molecular weight excluding hydrogens is 444 g/mol. The molecule has 33 heavy (non-hydrogen) atoms. The zero-order valence-corrected chi connectivity index (χ0v) is 19.1. The Morgan fingerprint density at radius 3 is 2.79 bits per heavy atom. The molecule has 5 rings (SSSR count). The summed E-state index contributed by atoms with van der Waals surface area (Å²) in [6.45, 7) is 5.67. The van der Waals surface area contributed by atoms with E-state index in [-0.39, 0.29) is 11.6 Å². The number of pyridine rings is 1. The second-order valence-electron chi connectivity index (χ2n) is 7.84. The summed E-state index contributed by atoms with van der Waals surface area (Å²) in [5.41, 5.74) is 2.24. The molecule has 0 spiro atoms. The lowest BCUT2D eigenvalue weighted by molar-refractivity contribution is 0.195. The first-order chi connectivity index (χ1) is 16.1. The minimum Gasteiger partial charge on any atom is -0.379 e. The molecule has 1 aliphatic rings. The van der Waals surface area contributed by atoms with Crippen LogP contribution in [0.5, 0.6) is 0 Å². The molecule has 1 fully saturated rings. The van der Waals surface area contributed by atoms with E-state index in [2.05, 4.69) is 25.4 Å². The Morgan fingerprint density at radius 1 is 1.21 bits per heavy atom. The lowest BCUT2D eigenvalue weighted by Crippen LogP contribution is -2.24. The Bertz CT molecular complexity index is 1380. The fraction of sp³-hybridized carbons (Fsp3) is 0.348. The number of rotatable bonds is 6. The van der Waals surface area contributed by atoms with E-state index in [1.54, 1.807) is 29.0 Å². The Labute approximate surface area is 194 Å². The van der Waals surface area contributed by atoms with Crippen LogP contribution in [0.15, 0.2) is 39.8 Å². The van der Waals surface area contributed by atoms with Crippen LogP contribution in [0.2, 0.25) is 5.02 Å². The monoisotopic (exact) mass is 466 g/mol. The van der Waals surface area contributed by atoms with Gasteiger partial charge in [-0.25, -0.2) is 4.98 Å². The summed E-state index contributed by atoms with van der Waals surface area (Å²) in [7, 11) is 0. The minimum absolute atomic E-state index is 0.165. The molecule has 0 radical (unpaired) electrons. The van der Waals surface area contributed by atoms with Gasteiger partial charge >= 0.3 is 0 Å². The molecule has 0 aliphatic carbocycles. The van der Waals surface area contributed by atoms with Gasteiger partial charge in [-0.1, -0.05) is 35.8 Å². The summed E-state index contributed by atoms with van der Waals surface area (Å²) >= 11 is 6.61. The van der Waals surface area contributed by atoms with Crippen LogP contribution in [0.25, 0.3) is 33.5 Å². The number of anilines is 1. The molecule has 3 aromatic heterocycles. The van der Waals surface area contributed by atoms with E-state index in [1.807, 2.05) is 19.9 Å². The van der Waals surface area contributed by atoms with E-state index in [9.17, 15) is 4.79 Å². The number of nitrogens with one attached hydrogen (secondary N) is 1. The molecule has 9 nitrogen and oxygen atoms in total. The lowest BCUT2D eigenvalue weighted by atomic mass is 10.0. The van der Waals surface area contributed by atoms with Crippen molar-refractivity contribution in [2.75, 3.05) is 18.5 Å². The molecule has 0 amide bonds. The van der Waals surface area contributed by atoms with Gasteiger partial charge in [0.15, 0.2) is 0 Å². The van der Waals surface area contributed by atoms with Crippen LogP contribution in [0.3, 0.4) is 0 Å². The molecule has 1 atom stereocenters. The van der Waals surface area contributed by atoms with Gasteiger partial charge in [0.25, 0.3) is 5.56 Å². The molecule has 170 valence electrons. The molecule has 10 heteroatoms. The third kappa shape index (κ3) is 4.09. The number of aromatic nitrogens is 5. The van der Waals surface area contributed by atoms with Gasteiger partial charge in [0.1, 0.15) is 5.65 Å². The standard InChI is InChI=1S/C23H23ClN6O3/c1-3-19-27-20(29-33-19)13-5-6-16(18(24)10-13)17-9-14-11-25-23(26-15-7-8-32-12-15)28-21(14)30(4-2)22(17)31/h5-6,9-11,15H,3-4,7-8,12H2,1-2H3,(H,25,26,28). The van der Waals surface area contributed by atoms with Crippen molar-refractivity contribution in [3.8, 4) is 22.5 Å². The van der Waals surface area contributed by atoms with Crippen LogP contribution in [-0.4, -0.2) is 43.9 Å². The number of fused-ring (bicyclic) bond motifs is 1. The van der Waals surface area contributed by atoms with Crippen LogP contribution in [0.4, 0.5) is 5.95 Å². The molecule has 1 saturated heterocycles. The maximum atomic E-state index is 13.4. The van der Waals surface area contributed by atoms with E-state index in [0.717, 1.165) is 24.0 Å². The van der Waals surface area contributed by atoms with Crippen LogP contribution in [0, 0.1) is 0 Å².